The summed E-state index contributed by atoms with van der Waals surface area (Å²) in [5.74, 6) is 0. The van der Waals surface area contributed by atoms with Gasteiger partial charge in [-0.05, 0) is 57.3 Å². The van der Waals surface area contributed by atoms with Crippen molar-refractivity contribution in [1.29, 1.82) is 0 Å². The molecular formula is C16H24N2O2S. The second-order valence-corrected chi connectivity index (χ2v) is 8.64. The van der Waals surface area contributed by atoms with Crippen LogP contribution in [0.2, 0.25) is 0 Å². The first-order valence-electron chi connectivity index (χ1n) is 7.67. The van der Waals surface area contributed by atoms with Crippen LogP contribution in [-0.4, -0.2) is 50.8 Å². The van der Waals surface area contributed by atoms with Gasteiger partial charge in [0.1, 0.15) is 0 Å². The van der Waals surface area contributed by atoms with Gasteiger partial charge in [0.05, 0.1) is 4.90 Å². The van der Waals surface area contributed by atoms with Gasteiger partial charge < -0.3 is 4.90 Å². The Balaban J connectivity index is 1.73. The molecule has 4 nitrogen and oxygen atoms in total. The van der Waals surface area contributed by atoms with Gasteiger partial charge in [-0.25, -0.2) is 8.42 Å². The highest BCUT2D eigenvalue weighted by atomic mass is 32.2. The smallest absolute Gasteiger partial charge is 0.243 e. The van der Waals surface area contributed by atoms with Gasteiger partial charge in [-0.1, -0.05) is 17.7 Å². The van der Waals surface area contributed by atoms with E-state index in [0.29, 0.717) is 23.4 Å². The molecule has 1 aromatic carbocycles. The number of benzene rings is 1. The van der Waals surface area contributed by atoms with E-state index in [1.54, 1.807) is 16.4 Å². The summed E-state index contributed by atoms with van der Waals surface area (Å²) in [5, 5.41) is 0. The van der Waals surface area contributed by atoms with E-state index in [1.165, 1.54) is 6.42 Å². The molecule has 2 fully saturated rings. The first kappa shape index (κ1) is 15.0. The van der Waals surface area contributed by atoms with Crippen LogP contribution in [0.1, 0.15) is 24.8 Å². The molecule has 0 aromatic heterocycles. The normalized spacial score (nSPS) is 23.7. The first-order valence-corrected chi connectivity index (χ1v) is 9.11. The minimum absolute atomic E-state index is 0.355. The van der Waals surface area contributed by atoms with E-state index < -0.39 is 10.0 Å². The standard InChI is InChI=1S/C16H24N2O2S/c1-14-3-5-15(6-4-14)21(19,20)18-11-8-16(9-12-18)7-10-17(2)13-16/h3-6H,7-13H2,1-2H3. The Hall–Kier alpha value is -0.910. The van der Waals surface area contributed by atoms with Crippen molar-refractivity contribution in [2.45, 2.75) is 31.1 Å². The molecule has 0 bridgehead atoms. The number of hydrogen-bond acceptors (Lipinski definition) is 3. The number of aryl methyl sites for hydroxylation is 1. The summed E-state index contributed by atoms with van der Waals surface area (Å²) in [7, 11) is -1.16. The van der Waals surface area contributed by atoms with Crippen LogP contribution in [0.4, 0.5) is 0 Å². The van der Waals surface area contributed by atoms with Gasteiger partial charge in [-0.3, -0.25) is 0 Å². The van der Waals surface area contributed by atoms with E-state index in [2.05, 4.69) is 11.9 Å². The number of nitrogens with zero attached hydrogens (tertiary/aromatic N) is 2. The molecule has 0 amide bonds. The molecule has 0 aliphatic carbocycles. The van der Waals surface area contributed by atoms with Gasteiger partial charge in [0, 0.05) is 19.6 Å². The van der Waals surface area contributed by atoms with Crippen molar-refractivity contribution < 1.29 is 8.42 Å². The van der Waals surface area contributed by atoms with Gasteiger partial charge in [-0.2, -0.15) is 4.31 Å². The SMILES string of the molecule is Cc1ccc(S(=O)(=O)N2CCC3(CCN(C)C3)CC2)cc1. The van der Waals surface area contributed by atoms with Gasteiger partial charge >= 0.3 is 0 Å². The zero-order valence-corrected chi connectivity index (χ0v) is 13.7. The van der Waals surface area contributed by atoms with Gasteiger partial charge in [0.15, 0.2) is 0 Å². The van der Waals surface area contributed by atoms with Crippen LogP contribution in [0.3, 0.4) is 0 Å². The highest BCUT2D eigenvalue weighted by molar-refractivity contribution is 7.89. The third-order valence-corrected chi connectivity index (χ3v) is 6.98. The molecule has 116 valence electrons. The maximum absolute atomic E-state index is 12.7. The van der Waals surface area contributed by atoms with E-state index in [-0.39, 0.29) is 0 Å². The maximum atomic E-state index is 12.7. The van der Waals surface area contributed by atoms with Crippen molar-refractivity contribution in [3.8, 4) is 0 Å². The fourth-order valence-corrected chi connectivity index (χ4v) is 5.07. The van der Waals surface area contributed by atoms with E-state index >= 15 is 0 Å². The number of rotatable bonds is 2. The Morgan fingerprint density at radius 1 is 1.00 bits per heavy atom. The van der Waals surface area contributed by atoms with Crippen molar-refractivity contribution in [2.75, 3.05) is 33.2 Å². The van der Waals surface area contributed by atoms with E-state index in [4.69, 9.17) is 0 Å². The predicted molar refractivity (Wildman–Crippen MR) is 83.7 cm³/mol. The van der Waals surface area contributed by atoms with Gasteiger partial charge in [0.25, 0.3) is 0 Å². The minimum Gasteiger partial charge on any atom is -0.306 e. The second kappa shape index (κ2) is 5.38. The number of sulfonamides is 1. The molecule has 2 saturated heterocycles. The summed E-state index contributed by atoms with van der Waals surface area (Å²) in [4.78, 5) is 2.79. The molecule has 21 heavy (non-hydrogen) atoms. The van der Waals surface area contributed by atoms with Crippen LogP contribution in [0.25, 0.3) is 0 Å². The molecule has 2 heterocycles. The average molecular weight is 308 g/mol. The van der Waals surface area contributed by atoms with Crippen molar-refractivity contribution in [2.24, 2.45) is 5.41 Å². The zero-order valence-electron chi connectivity index (χ0n) is 12.9. The van der Waals surface area contributed by atoms with Crippen molar-refractivity contribution >= 4 is 10.0 Å². The summed E-state index contributed by atoms with van der Waals surface area (Å²) < 4.78 is 27.0. The van der Waals surface area contributed by atoms with Crippen LogP contribution in [0, 0.1) is 12.3 Å². The van der Waals surface area contributed by atoms with E-state index in [0.717, 1.165) is 31.5 Å². The first-order chi connectivity index (χ1) is 9.91. The molecule has 0 saturated carbocycles. The molecule has 1 aromatic rings. The lowest BCUT2D eigenvalue weighted by Gasteiger charge is -2.38. The summed E-state index contributed by atoms with van der Waals surface area (Å²) in [6, 6.07) is 7.17. The molecule has 0 radical (unpaired) electrons. The molecule has 0 atom stereocenters. The molecule has 0 unspecified atom stereocenters. The Morgan fingerprint density at radius 3 is 2.10 bits per heavy atom. The average Bonchev–Trinajstić information content (AvgIpc) is 2.81. The molecule has 3 rings (SSSR count). The van der Waals surface area contributed by atoms with Crippen LogP contribution in [0.5, 0.6) is 0 Å². The van der Waals surface area contributed by atoms with Crippen molar-refractivity contribution in [1.82, 2.24) is 9.21 Å². The fraction of sp³-hybridized carbons (Fsp3) is 0.625. The molecule has 2 aliphatic rings. The number of hydrogen-bond donors (Lipinski definition) is 0. The molecule has 0 N–H and O–H groups in total. The third kappa shape index (κ3) is 2.87. The summed E-state index contributed by atoms with van der Waals surface area (Å²) >= 11 is 0. The van der Waals surface area contributed by atoms with Crippen LogP contribution < -0.4 is 0 Å². The number of piperidine rings is 1. The van der Waals surface area contributed by atoms with Gasteiger partial charge in [-0.15, -0.1) is 0 Å². The Kier molecular flexibility index (Phi) is 3.84. The fourth-order valence-electron chi connectivity index (χ4n) is 3.63. The monoisotopic (exact) mass is 308 g/mol. The zero-order chi connectivity index (χ0) is 15.1. The van der Waals surface area contributed by atoms with Crippen LogP contribution in [0.15, 0.2) is 29.2 Å². The van der Waals surface area contributed by atoms with Crippen molar-refractivity contribution in [3.63, 3.8) is 0 Å². The lowest BCUT2D eigenvalue weighted by molar-refractivity contribution is 0.161. The third-order valence-electron chi connectivity index (χ3n) is 5.07. The van der Waals surface area contributed by atoms with Crippen LogP contribution in [-0.2, 0) is 10.0 Å². The van der Waals surface area contributed by atoms with Gasteiger partial charge in [0.2, 0.25) is 10.0 Å². The second-order valence-electron chi connectivity index (χ2n) is 6.70. The largest absolute Gasteiger partial charge is 0.306 e. The molecule has 1 spiro atoms. The van der Waals surface area contributed by atoms with E-state index in [1.807, 2.05) is 19.1 Å². The summed E-state index contributed by atoms with van der Waals surface area (Å²) in [5.41, 5.74) is 1.44. The van der Waals surface area contributed by atoms with Crippen LogP contribution >= 0.6 is 0 Å². The maximum Gasteiger partial charge on any atom is 0.243 e. The molecule has 2 aliphatic heterocycles. The quantitative estimate of drug-likeness (QED) is 0.840. The molecule has 5 heteroatoms. The highest BCUT2D eigenvalue weighted by Crippen LogP contribution is 2.40. The Labute approximate surface area is 127 Å². The Morgan fingerprint density at radius 2 is 1.57 bits per heavy atom. The topological polar surface area (TPSA) is 40.6 Å². The number of likely N-dealkylation sites (tertiary alicyclic amines) is 1. The molecular weight excluding hydrogens is 284 g/mol. The highest BCUT2D eigenvalue weighted by Gasteiger charge is 2.41. The van der Waals surface area contributed by atoms with Crippen molar-refractivity contribution in [3.05, 3.63) is 29.8 Å². The van der Waals surface area contributed by atoms with E-state index in [9.17, 15) is 8.42 Å². The Bertz CT molecular complexity index is 602. The summed E-state index contributed by atoms with van der Waals surface area (Å²) in [6.07, 6.45) is 3.19. The predicted octanol–water partition coefficient (Wildman–Crippen LogP) is 2.10. The summed E-state index contributed by atoms with van der Waals surface area (Å²) in [6.45, 7) is 5.54. The minimum atomic E-state index is -3.32. The lowest BCUT2D eigenvalue weighted by Crippen LogP contribution is -2.44. The lowest BCUT2D eigenvalue weighted by atomic mass is 9.78.